The fourth-order valence-corrected chi connectivity index (χ4v) is 2.95. The lowest BCUT2D eigenvalue weighted by Crippen LogP contribution is -2.50. The molecule has 0 aromatic rings. The number of hydrogen-bond acceptors (Lipinski definition) is 2. The largest absolute Gasteiger partial charge is 0.388 e. The van der Waals surface area contributed by atoms with Gasteiger partial charge in [0, 0.05) is 31.8 Å². The summed E-state index contributed by atoms with van der Waals surface area (Å²) in [6.07, 6.45) is 1.64. The van der Waals surface area contributed by atoms with Crippen molar-refractivity contribution >= 4 is 5.91 Å². The molecular formula is C13H21F2NO2. The molecule has 5 heteroatoms. The fourth-order valence-electron chi connectivity index (χ4n) is 2.95. The lowest BCUT2D eigenvalue weighted by molar-refractivity contribution is -0.145. The van der Waals surface area contributed by atoms with Crippen molar-refractivity contribution in [2.75, 3.05) is 13.1 Å². The number of carbonyl (C=O) groups excluding carboxylic acids is 1. The van der Waals surface area contributed by atoms with Gasteiger partial charge in [-0.2, -0.15) is 0 Å². The van der Waals surface area contributed by atoms with Crippen molar-refractivity contribution in [3.05, 3.63) is 0 Å². The minimum atomic E-state index is -2.59. The number of halogens is 2. The molecule has 104 valence electrons. The van der Waals surface area contributed by atoms with Crippen LogP contribution in [0.5, 0.6) is 0 Å². The predicted octanol–water partition coefficient (Wildman–Crippen LogP) is 2.19. The van der Waals surface area contributed by atoms with Gasteiger partial charge < -0.3 is 10.0 Å². The summed E-state index contributed by atoms with van der Waals surface area (Å²) in [4.78, 5) is 13.9. The second-order valence-corrected chi connectivity index (χ2v) is 5.99. The molecule has 0 spiro atoms. The molecule has 1 aliphatic heterocycles. The zero-order valence-corrected chi connectivity index (χ0v) is 10.8. The highest BCUT2D eigenvalue weighted by Crippen LogP contribution is 2.37. The number of likely N-dealkylation sites (tertiary alicyclic amines) is 1. The highest BCUT2D eigenvalue weighted by molar-refractivity contribution is 5.79. The molecule has 0 aromatic carbocycles. The van der Waals surface area contributed by atoms with Crippen molar-refractivity contribution in [2.45, 2.75) is 57.0 Å². The zero-order chi connectivity index (χ0) is 13.4. The van der Waals surface area contributed by atoms with Gasteiger partial charge in [0.25, 0.3) is 0 Å². The van der Waals surface area contributed by atoms with Crippen LogP contribution in [-0.4, -0.2) is 40.5 Å². The molecule has 1 unspecified atom stereocenters. The summed E-state index contributed by atoms with van der Waals surface area (Å²) >= 11 is 0. The van der Waals surface area contributed by atoms with Gasteiger partial charge in [0.2, 0.25) is 11.8 Å². The first-order valence-electron chi connectivity index (χ1n) is 6.68. The molecular weight excluding hydrogens is 240 g/mol. The Morgan fingerprint density at radius 3 is 2.44 bits per heavy atom. The fraction of sp³-hybridized carbons (Fsp3) is 0.923. The van der Waals surface area contributed by atoms with E-state index < -0.39 is 11.5 Å². The van der Waals surface area contributed by atoms with Crippen LogP contribution in [0.25, 0.3) is 0 Å². The Kier molecular flexibility index (Phi) is 3.63. The highest BCUT2D eigenvalue weighted by atomic mass is 19.3. The maximum absolute atomic E-state index is 13.0. The maximum Gasteiger partial charge on any atom is 0.248 e. The Bertz CT molecular complexity index is 321. The van der Waals surface area contributed by atoms with Crippen LogP contribution in [0, 0.1) is 5.92 Å². The van der Waals surface area contributed by atoms with E-state index in [0.717, 1.165) is 6.42 Å². The standard InChI is InChI=1S/C13H21F2NO2/c1-12(18)5-2-8-16(9-12)11(17)10-3-6-13(14,15)7-4-10/h10,18H,2-9H2,1H3. The third-order valence-corrected chi connectivity index (χ3v) is 4.05. The quantitative estimate of drug-likeness (QED) is 0.786. The average Bonchev–Trinajstić information content (AvgIpc) is 2.27. The van der Waals surface area contributed by atoms with Crippen molar-refractivity contribution in [3.8, 4) is 0 Å². The molecule has 18 heavy (non-hydrogen) atoms. The van der Waals surface area contributed by atoms with Gasteiger partial charge in [-0.25, -0.2) is 8.78 Å². The van der Waals surface area contributed by atoms with Gasteiger partial charge in [-0.1, -0.05) is 0 Å². The summed E-state index contributed by atoms with van der Waals surface area (Å²) in [6.45, 7) is 2.70. The van der Waals surface area contributed by atoms with Crippen molar-refractivity contribution in [2.24, 2.45) is 5.92 Å². The molecule has 1 aliphatic carbocycles. The molecule has 0 aromatic heterocycles. The molecule has 1 N–H and O–H groups in total. The lowest BCUT2D eigenvalue weighted by Gasteiger charge is -2.39. The van der Waals surface area contributed by atoms with E-state index >= 15 is 0 Å². The first-order valence-corrected chi connectivity index (χ1v) is 6.68. The molecule has 2 aliphatic rings. The van der Waals surface area contributed by atoms with Crippen LogP contribution in [0.4, 0.5) is 8.78 Å². The molecule has 1 heterocycles. The molecule has 2 fully saturated rings. The number of β-amino-alcohol motifs (C(OH)–C–C–N with tert-alkyl or cyclic N) is 1. The van der Waals surface area contributed by atoms with Gasteiger partial charge in [0.05, 0.1) is 5.60 Å². The van der Waals surface area contributed by atoms with Gasteiger partial charge >= 0.3 is 0 Å². The molecule has 0 radical (unpaired) electrons. The third kappa shape index (κ3) is 3.19. The number of carbonyl (C=O) groups is 1. The number of nitrogens with zero attached hydrogens (tertiary/aromatic N) is 1. The van der Waals surface area contributed by atoms with E-state index in [9.17, 15) is 18.7 Å². The molecule has 1 saturated carbocycles. The van der Waals surface area contributed by atoms with E-state index in [1.54, 1.807) is 11.8 Å². The normalized spacial score (nSPS) is 33.4. The van der Waals surface area contributed by atoms with Gasteiger partial charge in [0.1, 0.15) is 0 Å². The molecule has 0 bridgehead atoms. The second-order valence-electron chi connectivity index (χ2n) is 5.99. The Balaban J connectivity index is 1.92. The maximum atomic E-state index is 13.0. The molecule has 1 saturated heterocycles. The molecule has 3 nitrogen and oxygen atoms in total. The Labute approximate surface area is 106 Å². The molecule has 1 amide bonds. The Morgan fingerprint density at radius 1 is 1.28 bits per heavy atom. The van der Waals surface area contributed by atoms with Crippen molar-refractivity contribution in [3.63, 3.8) is 0 Å². The van der Waals surface area contributed by atoms with Crippen molar-refractivity contribution in [1.82, 2.24) is 4.90 Å². The monoisotopic (exact) mass is 261 g/mol. The van der Waals surface area contributed by atoms with E-state index in [0.29, 0.717) is 19.5 Å². The van der Waals surface area contributed by atoms with Crippen LogP contribution in [0.3, 0.4) is 0 Å². The topological polar surface area (TPSA) is 40.5 Å². The number of piperidine rings is 1. The van der Waals surface area contributed by atoms with Crippen LogP contribution < -0.4 is 0 Å². The first kappa shape index (κ1) is 13.7. The summed E-state index contributed by atoms with van der Waals surface area (Å²) in [6, 6.07) is 0. The molecule has 2 rings (SSSR count). The van der Waals surface area contributed by atoms with E-state index in [1.165, 1.54) is 0 Å². The van der Waals surface area contributed by atoms with Gasteiger partial charge in [-0.05, 0) is 32.6 Å². The minimum absolute atomic E-state index is 0.0505. The van der Waals surface area contributed by atoms with Crippen molar-refractivity contribution in [1.29, 1.82) is 0 Å². The summed E-state index contributed by atoms with van der Waals surface area (Å²) in [7, 11) is 0. The van der Waals surface area contributed by atoms with E-state index in [4.69, 9.17) is 0 Å². The third-order valence-electron chi connectivity index (χ3n) is 4.05. The summed E-state index contributed by atoms with van der Waals surface area (Å²) in [5.74, 6) is -2.92. The first-order chi connectivity index (χ1) is 8.29. The van der Waals surface area contributed by atoms with Crippen LogP contribution in [0.2, 0.25) is 0 Å². The average molecular weight is 261 g/mol. The smallest absolute Gasteiger partial charge is 0.248 e. The Hall–Kier alpha value is -0.710. The SMILES string of the molecule is CC1(O)CCCN(C(=O)C2CCC(F)(F)CC2)C1. The van der Waals surface area contributed by atoms with Gasteiger partial charge in [-0.15, -0.1) is 0 Å². The zero-order valence-electron chi connectivity index (χ0n) is 10.8. The number of alkyl halides is 2. The number of aliphatic hydroxyl groups is 1. The van der Waals surface area contributed by atoms with E-state index in [-0.39, 0.29) is 37.5 Å². The van der Waals surface area contributed by atoms with Gasteiger partial charge in [-0.3, -0.25) is 4.79 Å². The van der Waals surface area contributed by atoms with Crippen LogP contribution in [0.1, 0.15) is 45.4 Å². The van der Waals surface area contributed by atoms with Crippen LogP contribution in [0.15, 0.2) is 0 Å². The number of hydrogen-bond donors (Lipinski definition) is 1. The second kappa shape index (κ2) is 4.76. The molecule has 1 atom stereocenters. The highest BCUT2D eigenvalue weighted by Gasteiger charge is 2.40. The van der Waals surface area contributed by atoms with Crippen LogP contribution >= 0.6 is 0 Å². The lowest BCUT2D eigenvalue weighted by atomic mass is 9.85. The summed E-state index contributed by atoms with van der Waals surface area (Å²) < 4.78 is 26.1. The summed E-state index contributed by atoms with van der Waals surface area (Å²) in [5, 5.41) is 9.96. The number of rotatable bonds is 1. The predicted molar refractivity (Wildman–Crippen MR) is 63.3 cm³/mol. The van der Waals surface area contributed by atoms with E-state index in [2.05, 4.69) is 0 Å². The van der Waals surface area contributed by atoms with Crippen molar-refractivity contribution < 1.29 is 18.7 Å². The Morgan fingerprint density at radius 2 is 1.89 bits per heavy atom. The van der Waals surface area contributed by atoms with E-state index in [1.807, 2.05) is 0 Å². The van der Waals surface area contributed by atoms with Crippen LogP contribution in [-0.2, 0) is 4.79 Å². The number of amides is 1. The van der Waals surface area contributed by atoms with Gasteiger partial charge in [0.15, 0.2) is 0 Å². The minimum Gasteiger partial charge on any atom is -0.388 e. The summed E-state index contributed by atoms with van der Waals surface area (Å²) in [5.41, 5.74) is -0.827.